The Labute approximate surface area is 105 Å². The predicted octanol–water partition coefficient (Wildman–Crippen LogP) is 2.01. The van der Waals surface area contributed by atoms with Crippen LogP contribution in [0.2, 0.25) is 0 Å². The summed E-state index contributed by atoms with van der Waals surface area (Å²) in [5.74, 6) is -0.523. The van der Waals surface area contributed by atoms with Crippen LogP contribution < -0.4 is 0 Å². The van der Waals surface area contributed by atoms with Crippen LogP contribution >= 0.6 is 0 Å². The van der Waals surface area contributed by atoms with Crippen molar-refractivity contribution in [1.82, 2.24) is 0 Å². The molecule has 18 heavy (non-hydrogen) atoms. The van der Waals surface area contributed by atoms with Crippen LogP contribution in [0.15, 0.2) is 46.5 Å². The Morgan fingerprint density at radius 3 is 2.39 bits per heavy atom. The largest absolute Gasteiger partial charge is 0.265 e. The maximum absolute atomic E-state index is 11.9. The maximum Gasteiger partial charge on any atom is 0.265 e. The first-order valence-corrected chi connectivity index (χ1v) is 6.91. The van der Waals surface area contributed by atoms with Crippen molar-refractivity contribution >= 4 is 15.9 Å². The lowest BCUT2D eigenvalue weighted by Crippen LogP contribution is -2.06. The highest BCUT2D eigenvalue weighted by Crippen LogP contribution is 2.32. The van der Waals surface area contributed by atoms with Crippen LogP contribution in [0.25, 0.3) is 6.08 Å². The Hall–Kier alpha value is -1.95. The summed E-state index contributed by atoms with van der Waals surface area (Å²) in [5.41, 5.74) is 0.695. The Morgan fingerprint density at radius 2 is 1.89 bits per heavy atom. The first-order chi connectivity index (χ1) is 8.42. The fraction of sp³-hybridized carbons (Fsp3) is 0.167. The molecular formula is C12H11NO4S. The van der Waals surface area contributed by atoms with Gasteiger partial charge in [-0.05, 0) is 18.6 Å². The molecule has 1 aromatic carbocycles. The summed E-state index contributed by atoms with van der Waals surface area (Å²) in [7, 11) is -3.58. The summed E-state index contributed by atoms with van der Waals surface area (Å²) in [4.78, 5) is 10.2. The Bertz CT molecular complexity index is 657. The van der Waals surface area contributed by atoms with Crippen LogP contribution in [0.4, 0.5) is 0 Å². The van der Waals surface area contributed by atoms with Crippen LogP contribution in [0.1, 0.15) is 12.5 Å². The smallest absolute Gasteiger partial charge is 0.259 e. The molecule has 0 atom stereocenters. The first-order valence-electron chi connectivity index (χ1n) is 5.26. The number of benzene rings is 1. The molecule has 6 heteroatoms. The van der Waals surface area contributed by atoms with Crippen molar-refractivity contribution in [2.24, 2.45) is 0 Å². The van der Waals surface area contributed by atoms with E-state index in [4.69, 9.17) is 0 Å². The van der Waals surface area contributed by atoms with Crippen molar-refractivity contribution in [2.45, 2.75) is 6.92 Å². The molecule has 0 fully saturated rings. The van der Waals surface area contributed by atoms with Crippen LogP contribution in [0.5, 0.6) is 0 Å². The number of sulfone groups is 1. The van der Waals surface area contributed by atoms with E-state index < -0.39 is 20.5 Å². The molecule has 94 valence electrons. The second kappa shape index (κ2) is 4.38. The lowest BCUT2D eigenvalue weighted by molar-refractivity contribution is -0.424. The monoisotopic (exact) mass is 265 g/mol. The molecule has 5 nitrogen and oxygen atoms in total. The van der Waals surface area contributed by atoms with Crippen molar-refractivity contribution in [3.05, 3.63) is 62.2 Å². The van der Waals surface area contributed by atoms with E-state index in [2.05, 4.69) is 0 Å². The third-order valence-corrected chi connectivity index (χ3v) is 4.53. The van der Waals surface area contributed by atoms with Crippen molar-refractivity contribution in [3.8, 4) is 0 Å². The molecule has 0 amide bonds. The van der Waals surface area contributed by atoms with E-state index in [9.17, 15) is 18.5 Å². The predicted molar refractivity (Wildman–Crippen MR) is 67.9 cm³/mol. The number of hydrogen-bond donors (Lipinski definition) is 0. The molecule has 2 rings (SSSR count). The van der Waals surface area contributed by atoms with Gasteiger partial charge in [0.25, 0.3) is 5.70 Å². The topological polar surface area (TPSA) is 77.3 Å². The van der Waals surface area contributed by atoms with E-state index in [0.29, 0.717) is 5.56 Å². The fourth-order valence-electron chi connectivity index (χ4n) is 1.83. The molecule has 1 aliphatic heterocycles. The quantitative estimate of drug-likeness (QED) is 0.605. The van der Waals surface area contributed by atoms with Gasteiger partial charge < -0.3 is 0 Å². The van der Waals surface area contributed by atoms with E-state index in [0.717, 1.165) is 0 Å². The maximum atomic E-state index is 11.9. The van der Waals surface area contributed by atoms with Gasteiger partial charge in [-0.25, -0.2) is 8.42 Å². The molecule has 0 saturated heterocycles. The second-order valence-corrected chi connectivity index (χ2v) is 5.97. The highest BCUT2D eigenvalue weighted by molar-refractivity contribution is 7.96. The number of nitrogens with zero attached hydrogens (tertiary/aromatic N) is 1. The van der Waals surface area contributed by atoms with Gasteiger partial charge in [-0.3, -0.25) is 10.1 Å². The van der Waals surface area contributed by atoms with Crippen LogP contribution in [0, 0.1) is 10.1 Å². The van der Waals surface area contributed by atoms with Gasteiger partial charge in [-0.2, -0.15) is 0 Å². The lowest BCUT2D eigenvalue weighted by atomic mass is 10.1. The van der Waals surface area contributed by atoms with E-state index in [1.54, 1.807) is 24.3 Å². The van der Waals surface area contributed by atoms with Crippen molar-refractivity contribution in [2.75, 3.05) is 5.75 Å². The second-order valence-electron chi connectivity index (χ2n) is 4.01. The summed E-state index contributed by atoms with van der Waals surface area (Å²) in [6.07, 6.45) is 1.47. The highest BCUT2D eigenvalue weighted by atomic mass is 32.2. The third-order valence-electron chi connectivity index (χ3n) is 2.78. The SMILES string of the molecule is CC1=C([N+](=O)[O-])CS(=O)(=O)C1=Cc1ccccc1. The fourth-order valence-corrected chi connectivity index (χ4v) is 3.57. The number of allylic oxidation sites excluding steroid dienone is 1. The molecule has 0 spiro atoms. The molecule has 0 bridgehead atoms. The molecule has 1 heterocycles. The molecule has 0 saturated carbocycles. The average molecular weight is 265 g/mol. The van der Waals surface area contributed by atoms with Crippen LogP contribution in [-0.4, -0.2) is 19.1 Å². The summed E-state index contributed by atoms with van der Waals surface area (Å²) in [6.45, 7) is 1.47. The third kappa shape index (κ3) is 2.19. The van der Waals surface area contributed by atoms with Crippen molar-refractivity contribution in [3.63, 3.8) is 0 Å². The average Bonchev–Trinajstić information content (AvgIpc) is 2.54. The molecule has 0 aromatic heterocycles. The summed E-state index contributed by atoms with van der Waals surface area (Å²) in [6, 6.07) is 8.87. The van der Waals surface area contributed by atoms with Crippen LogP contribution in [-0.2, 0) is 9.84 Å². The Morgan fingerprint density at radius 1 is 1.28 bits per heavy atom. The number of rotatable bonds is 2. The van der Waals surface area contributed by atoms with Gasteiger partial charge in [0, 0.05) is 5.57 Å². The molecule has 0 unspecified atom stereocenters. The van der Waals surface area contributed by atoms with E-state index in [1.807, 2.05) is 6.07 Å². The Kier molecular flexibility index (Phi) is 3.04. The zero-order valence-electron chi connectivity index (χ0n) is 9.66. The Balaban J connectivity index is 2.56. The first kappa shape index (κ1) is 12.5. The minimum absolute atomic E-state index is 0.0420. The van der Waals surface area contributed by atoms with Crippen molar-refractivity contribution in [1.29, 1.82) is 0 Å². The molecule has 1 aliphatic rings. The normalized spacial score (nSPS) is 20.4. The van der Waals surface area contributed by atoms with Gasteiger partial charge >= 0.3 is 0 Å². The number of hydrogen-bond acceptors (Lipinski definition) is 4. The van der Waals surface area contributed by atoms with E-state index in [1.165, 1.54) is 13.0 Å². The van der Waals surface area contributed by atoms with Gasteiger partial charge in [0.1, 0.15) is 5.75 Å². The summed E-state index contributed by atoms with van der Waals surface area (Å²) >= 11 is 0. The van der Waals surface area contributed by atoms with Gasteiger partial charge in [-0.15, -0.1) is 0 Å². The van der Waals surface area contributed by atoms with E-state index >= 15 is 0 Å². The number of nitro groups is 1. The minimum atomic E-state index is -3.58. The molecule has 1 aromatic rings. The lowest BCUT2D eigenvalue weighted by Gasteiger charge is -1.99. The zero-order chi connectivity index (χ0) is 13.3. The molecule has 0 N–H and O–H groups in total. The minimum Gasteiger partial charge on any atom is -0.259 e. The summed E-state index contributed by atoms with van der Waals surface area (Å²) in [5, 5.41) is 10.8. The van der Waals surface area contributed by atoms with Crippen LogP contribution in [0.3, 0.4) is 0 Å². The van der Waals surface area contributed by atoms with Gasteiger partial charge in [0.2, 0.25) is 0 Å². The van der Waals surface area contributed by atoms with E-state index in [-0.39, 0.29) is 16.2 Å². The van der Waals surface area contributed by atoms with Crippen molar-refractivity contribution < 1.29 is 13.3 Å². The van der Waals surface area contributed by atoms with Gasteiger partial charge in [0.15, 0.2) is 9.84 Å². The standard InChI is InChI=1S/C12H11NO4S/c1-9-11(13(14)15)8-18(16,17)12(9)7-10-5-3-2-4-6-10/h2-7H,8H2,1H3. The van der Waals surface area contributed by atoms with Gasteiger partial charge in [-0.1, -0.05) is 30.3 Å². The van der Waals surface area contributed by atoms with Gasteiger partial charge in [0.05, 0.1) is 9.83 Å². The highest BCUT2D eigenvalue weighted by Gasteiger charge is 2.37. The molecular weight excluding hydrogens is 254 g/mol. The zero-order valence-corrected chi connectivity index (χ0v) is 10.5. The molecule has 0 aliphatic carbocycles. The molecule has 0 radical (unpaired) electrons. The summed E-state index contributed by atoms with van der Waals surface area (Å²) < 4.78 is 23.8.